The van der Waals surface area contributed by atoms with Crippen LogP contribution < -0.4 is 24.4 Å². The first kappa shape index (κ1) is 19.8. The van der Waals surface area contributed by atoms with Crippen LogP contribution in [-0.4, -0.2) is 41.2 Å². The number of carbonyl (C=O) groups is 1. The van der Waals surface area contributed by atoms with Gasteiger partial charge in [0.2, 0.25) is 0 Å². The van der Waals surface area contributed by atoms with Gasteiger partial charge in [-0.3, -0.25) is 5.32 Å². The van der Waals surface area contributed by atoms with Crippen LogP contribution in [-0.2, 0) is 15.6 Å². The zero-order valence-corrected chi connectivity index (χ0v) is 17.0. The second kappa shape index (κ2) is 7.10. The number of methoxy groups -OCH3 is 1. The lowest BCUT2D eigenvalue weighted by atomic mass is 9.75. The average Bonchev–Trinajstić information content (AvgIpc) is 3.00. The van der Waals surface area contributed by atoms with Crippen molar-refractivity contribution < 1.29 is 17.9 Å². The molecule has 4 rings (SSSR count). The van der Waals surface area contributed by atoms with E-state index in [1.165, 1.54) is 7.11 Å². The van der Waals surface area contributed by atoms with Crippen LogP contribution in [0.15, 0.2) is 48.5 Å². The summed E-state index contributed by atoms with van der Waals surface area (Å²) in [6.07, 6.45) is 1.48. The molecule has 1 fully saturated rings. The zero-order valence-electron chi connectivity index (χ0n) is 16.2. The highest BCUT2D eigenvalue weighted by Gasteiger charge is 2.63. The van der Waals surface area contributed by atoms with Gasteiger partial charge in [-0.15, -0.1) is 0 Å². The lowest BCUT2D eigenvalue weighted by Crippen LogP contribution is -2.64. The van der Waals surface area contributed by atoms with Crippen LogP contribution in [0.5, 0.6) is 5.75 Å². The van der Waals surface area contributed by atoms with Crippen molar-refractivity contribution in [2.24, 2.45) is 5.14 Å². The largest absolute Gasteiger partial charge is 0.495 e. The van der Waals surface area contributed by atoms with Crippen molar-refractivity contribution in [3.05, 3.63) is 54.1 Å². The number of nitrogens with zero attached hydrogens (tertiary/aromatic N) is 1. The number of rotatable bonds is 3. The molecule has 2 aromatic carbocycles. The first-order valence-corrected chi connectivity index (χ1v) is 11.0. The predicted molar refractivity (Wildman–Crippen MR) is 112 cm³/mol. The zero-order chi connectivity index (χ0) is 20.7. The van der Waals surface area contributed by atoms with Gasteiger partial charge >= 0.3 is 16.2 Å². The second-order valence-corrected chi connectivity index (χ2v) is 9.24. The van der Waals surface area contributed by atoms with E-state index >= 15 is 0 Å². The number of quaternary nitrogens is 1. The number of nitrogens with two attached hydrogens (primary N) is 1. The number of nitrogens with one attached hydrogen (secondary N) is 2. The Labute approximate surface area is 170 Å². The third-order valence-electron chi connectivity index (χ3n) is 6.06. The number of hydrogen-bond acceptors (Lipinski definition) is 5. The van der Waals surface area contributed by atoms with E-state index in [1.807, 2.05) is 12.1 Å². The molecule has 0 aromatic heterocycles. The number of ether oxygens (including phenoxy) is 1. The van der Waals surface area contributed by atoms with Crippen LogP contribution >= 0.6 is 0 Å². The lowest BCUT2D eigenvalue weighted by Gasteiger charge is -2.35. The molecule has 8 nitrogen and oxygen atoms in total. The maximum atomic E-state index is 13.6. The number of para-hydroxylation sites is 3. The maximum Gasteiger partial charge on any atom is 0.442 e. The Balaban J connectivity index is 1.86. The SMILES string of the molecule is COc1ccccc1NC(=O)[N+]1(S(N)(=O)=O)CC2(CCNCC2)c2ccccc21. The molecule has 1 spiro atoms. The topological polar surface area (TPSA) is 111 Å². The summed E-state index contributed by atoms with van der Waals surface area (Å²) in [5.74, 6) is 0.442. The molecule has 2 aliphatic rings. The van der Waals surface area contributed by atoms with Gasteiger partial charge in [0.15, 0.2) is 5.69 Å². The average molecular weight is 418 g/mol. The fourth-order valence-corrected chi connectivity index (χ4v) is 5.78. The third-order valence-corrected chi connectivity index (χ3v) is 7.42. The summed E-state index contributed by atoms with van der Waals surface area (Å²) in [5, 5.41) is 11.8. The van der Waals surface area contributed by atoms with E-state index in [-0.39, 0.29) is 6.54 Å². The summed E-state index contributed by atoms with van der Waals surface area (Å²) in [6, 6.07) is 13.4. The number of hydrogen-bond donors (Lipinski definition) is 3. The molecule has 154 valence electrons. The highest BCUT2D eigenvalue weighted by Crippen LogP contribution is 2.51. The van der Waals surface area contributed by atoms with Gasteiger partial charge in [-0.2, -0.15) is 13.6 Å². The Morgan fingerprint density at radius 1 is 1.14 bits per heavy atom. The maximum absolute atomic E-state index is 13.6. The summed E-state index contributed by atoms with van der Waals surface area (Å²) in [4.78, 5) is 13.6. The Morgan fingerprint density at radius 2 is 1.79 bits per heavy atom. The van der Waals surface area contributed by atoms with E-state index in [0.29, 0.717) is 17.1 Å². The highest BCUT2D eigenvalue weighted by atomic mass is 32.2. The molecular weight excluding hydrogens is 392 g/mol. The Bertz CT molecular complexity index is 1050. The van der Waals surface area contributed by atoms with E-state index in [1.54, 1.807) is 36.4 Å². The predicted octanol–water partition coefficient (Wildman–Crippen LogP) is 2.07. The standard InChI is InChI=1S/C20H24N4O4S/c1-28-18-9-5-3-7-16(18)23-19(25)24(29(21,26)27)14-20(10-12-22-13-11-20)15-6-2-4-8-17(15)24/h2-9,22H,10-14H2,1H3,(H2-,21,23,25,26,27)/p+1. The molecule has 4 N–H and O–H groups in total. The van der Waals surface area contributed by atoms with Gasteiger partial charge in [0, 0.05) is 11.6 Å². The van der Waals surface area contributed by atoms with Crippen molar-refractivity contribution in [1.82, 2.24) is 9.21 Å². The fourth-order valence-electron chi connectivity index (χ4n) is 4.64. The molecule has 0 bridgehead atoms. The van der Waals surface area contributed by atoms with Gasteiger partial charge in [-0.25, -0.2) is 4.79 Å². The molecular formula is C20H25N4O4S+. The van der Waals surface area contributed by atoms with Crippen molar-refractivity contribution >= 4 is 27.6 Å². The van der Waals surface area contributed by atoms with Gasteiger partial charge in [0.1, 0.15) is 12.3 Å². The Kier molecular flexibility index (Phi) is 4.86. The quantitative estimate of drug-likeness (QED) is 0.662. The molecule has 1 unspecified atom stereocenters. The summed E-state index contributed by atoms with van der Waals surface area (Å²) in [7, 11) is -2.84. The van der Waals surface area contributed by atoms with E-state index < -0.39 is 25.5 Å². The lowest BCUT2D eigenvalue weighted by molar-refractivity contribution is 0.225. The van der Waals surface area contributed by atoms with Crippen LogP contribution in [0.3, 0.4) is 0 Å². The van der Waals surface area contributed by atoms with E-state index in [0.717, 1.165) is 31.5 Å². The fraction of sp³-hybridized carbons (Fsp3) is 0.350. The summed E-state index contributed by atoms with van der Waals surface area (Å²) in [6.45, 7) is 1.59. The summed E-state index contributed by atoms with van der Waals surface area (Å²) >= 11 is 0. The number of carbonyl (C=O) groups excluding carboxylic acids is 1. The van der Waals surface area contributed by atoms with E-state index in [2.05, 4.69) is 10.6 Å². The summed E-state index contributed by atoms with van der Waals surface area (Å²) in [5.41, 5.74) is 1.27. The molecule has 1 atom stereocenters. The molecule has 0 saturated carbocycles. The van der Waals surface area contributed by atoms with Crippen LogP contribution in [0, 0.1) is 0 Å². The minimum absolute atomic E-state index is 0.0772. The molecule has 0 aliphatic carbocycles. The molecule has 0 radical (unpaired) electrons. The first-order chi connectivity index (χ1) is 13.8. The first-order valence-electron chi connectivity index (χ1n) is 9.50. The van der Waals surface area contributed by atoms with Crippen LogP contribution in [0.2, 0.25) is 0 Å². The molecule has 29 heavy (non-hydrogen) atoms. The van der Waals surface area contributed by atoms with Crippen molar-refractivity contribution in [2.45, 2.75) is 18.3 Å². The van der Waals surface area contributed by atoms with Crippen LogP contribution in [0.1, 0.15) is 18.4 Å². The highest BCUT2D eigenvalue weighted by molar-refractivity contribution is 7.89. The molecule has 9 heteroatoms. The molecule has 1 saturated heterocycles. The molecule has 2 aliphatic heterocycles. The van der Waals surface area contributed by atoms with Gasteiger partial charge < -0.3 is 10.1 Å². The van der Waals surface area contributed by atoms with Crippen LogP contribution in [0.4, 0.5) is 16.2 Å². The number of benzene rings is 2. The van der Waals surface area contributed by atoms with E-state index in [4.69, 9.17) is 9.88 Å². The van der Waals surface area contributed by atoms with Crippen molar-refractivity contribution in [3.8, 4) is 5.75 Å². The van der Waals surface area contributed by atoms with Gasteiger partial charge in [-0.1, -0.05) is 34.2 Å². The minimum Gasteiger partial charge on any atom is -0.495 e. The van der Waals surface area contributed by atoms with Gasteiger partial charge in [0.25, 0.3) is 0 Å². The molecule has 2 amide bonds. The normalized spacial score (nSPS) is 22.8. The summed E-state index contributed by atoms with van der Waals surface area (Å²) < 4.78 is 30.3. The van der Waals surface area contributed by atoms with Crippen molar-refractivity contribution in [1.29, 1.82) is 0 Å². The van der Waals surface area contributed by atoms with Gasteiger partial charge in [-0.05, 0) is 38.1 Å². The number of urea groups is 1. The van der Waals surface area contributed by atoms with Gasteiger partial charge in [0.05, 0.1) is 18.2 Å². The van der Waals surface area contributed by atoms with Crippen molar-refractivity contribution in [2.75, 3.05) is 32.1 Å². The van der Waals surface area contributed by atoms with Crippen LogP contribution in [0.25, 0.3) is 0 Å². The number of piperidine rings is 1. The van der Waals surface area contributed by atoms with E-state index in [9.17, 15) is 13.2 Å². The Hall–Kier alpha value is -2.46. The molecule has 2 heterocycles. The minimum atomic E-state index is -4.33. The monoisotopic (exact) mass is 417 g/mol. The number of amides is 2. The second-order valence-electron chi connectivity index (χ2n) is 7.59. The van der Waals surface area contributed by atoms with Crippen molar-refractivity contribution in [3.63, 3.8) is 0 Å². The number of fused-ring (bicyclic) bond motifs is 2. The smallest absolute Gasteiger partial charge is 0.442 e. The number of anilines is 1. The molecule has 2 aromatic rings. The third kappa shape index (κ3) is 3.01. The Morgan fingerprint density at radius 3 is 2.48 bits per heavy atom.